The summed E-state index contributed by atoms with van der Waals surface area (Å²) < 4.78 is 1.78. The van der Waals surface area contributed by atoms with Crippen LogP contribution in [0.4, 0.5) is 0 Å². The van der Waals surface area contributed by atoms with Crippen molar-refractivity contribution in [3.05, 3.63) is 22.5 Å². The number of aromatic nitrogens is 2. The molecule has 1 N–H and O–H groups in total. The highest BCUT2D eigenvalue weighted by Crippen LogP contribution is 2.23. The molecule has 2 unspecified atom stereocenters. The molecule has 5 nitrogen and oxygen atoms in total. The summed E-state index contributed by atoms with van der Waals surface area (Å²) in [5, 5.41) is 14.6. The number of rotatable bonds is 5. The third-order valence-electron chi connectivity index (χ3n) is 4.26. The van der Waals surface area contributed by atoms with E-state index in [-0.39, 0.29) is 17.9 Å². The van der Waals surface area contributed by atoms with E-state index in [0.717, 1.165) is 24.2 Å². The van der Waals surface area contributed by atoms with Gasteiger partial charge in [0.25, 0.3) is 0 Å². The smallest absolute Gasteiger partial charge is 0.246 e. The number of aryl methyl sites for hydroxylation is 1. The Kier molecular flexibility index (Phi) is 5.87. The zero-order chi connectivity index (χ0) is 17.1. The van der Waals surface area contributed by atoms with E-state index in [1.54, 1.807) is 28.7 Å². The highest BCUT2D eigenvalue weighted by molar-refractivity contribution is 6.31. The second kappa shape index (κ2) is 7.49. The monoisotopic (exact) mass is 339 g/mol. The summed E-state index contributed by atoms with van der Waals surface area (Å²) in [6.07, 6.45) is 3.78. The Morgan fingerprint density at radius 1 is 1.48 bits per heavy atom. The van der Waals surface area contributed by atoms with Gasteiger partial charge in [-0.2, -0.15) is 5.10 Å². The number of carbonyl (C=O) groups is 1. The van der Waals surface area contributed by atoms with Crippen molar-refractivity contribution in [2.75, 3.05) is 13.1 Å². The fourth-order valence-electron chi connectivity index (χ4n) is 2.86. The molecule has 1 aliphatic rings. The van der Waals surface area contributed by atoms with Crippen LogP contribution >= 0.6 is 11.6 Å². The van der Waals surface area contributed by atoms with Gasteiger partial charge in [0.2, 0.25) is 5.91 Å². The first kappa shape index (κ1) is 18.0. The highest BCUT2D eigenvalue weighted by Gasteiger charge is 2.28. The minimum Gasteiger partial charge on any atom is -0.393 e. The van der Waals surface area contributed by atoms with Crippen LogP contribution in [0.3, 0.4) is 0 Å². The largest absolute Gasteiger partial charge is 0.393 e. The van der Waals surface area contributed by atoms with Gasteiger partial charge in [0.1, 0.15) is 5.15 Å². The van der Waals surface area contributed by atoms with Crippen LogP contribution in [-0.4, -0.2) is 44.9 Å². The van der Waals surface area contributed by atoms with E-state index in [1.165, 1.54) is 0 Å². The first-order chi connectivity index (χ1) is 10.8. The zero-order valence-corrected chi connectivity index (χ0v) is 15.0. The maximum Gasteiger partial charge on any atom is 0.246 e. The topological polar surface area (TPSA) is 58.4 Å². The van der Waals surface area contributed by atoms with Gasteiger partial charge < -0.3 is 10.0 Å². The van der Waals surface area contributed by atoms with Crippen LogP contribution in [0, 0.1) is 18.8 Å². The number of nitrogens with zero attached hydrogens (tertiary/aromatic N) is 3. The Morgan fingerprint density at radius 2 is 2.17 bits per heavy atom. The number of aliphatic hydroxyl groups is 1. The van der Waals surface area contributed by atoms with Crippen LogP contribution in [0.15, 0.2) is 6.08 Å². The van der Waals surface area contributed by atoms with Crippen molar-refractivity contribution in [1.82, 2.24) is 14.7 Å². The third kappa shape index (κ3) is 4.36. The maximum absolute atomic E-state index is 12.3. The maximum atomic E-state index is 12.3. The average molecular weight is 340 g/mol. The van der Waals surface area contributed by atoms with Crippen LogP contribution in [0.5, 0.6) is 0 Å². The number of aliphatic hydroxyl groups excluding tert-OH is 1. The quantitative estimate of drug-likeness (QED) is 0.839. The lowest BCUT2D eigenvalue weighted by Gasteiger charge is -2.15. The van der Waals surface area contributed by atoms with Crippen molar-refractivity contribution in [2.24, 2.45) is 11.8 Å². The number of carbonyl (C=O) groups excluding carboxylic acids is 1. The fraction of sp³-hybridized carbons (Fsp3) is 0.647. The van der Waals surface area contributed by atoms with Gasteiger partial charge in [0.05, 0.1) is 11.8 Å². The molecule has 23 heavy (non-hydrogen) atoms. The molecular formula is C17H26ClN3O2. The summed E-state index contributed by atoms with van der Waals surface area (Å²) in [6.45, 7) is 9.95. The molecule has 0 aromatic carbocycles. The van der Waals surface area contributed by atoms with Crippen LogP contribution in [0.2, 0.25) is 5.15 Å². The molecule has 2 atom stereocenters. The zero-order valence-electron chi connectivity index (χ0n) is 14.3. The number of amides is 1. The molecule has 0 radical (unpaired) electrons. The predicted molar refractivity (Wildman–Crippen MR) is 92.2 cm³/mol. The van der Waals surface area contributed by atoms with E-state index in [4.69, 9.17) is 11.6 Å². The van der Waals surface area contributed by atoms with E-state index in [2.05, 4.69) is 18.9 Å². The molecule has 0 aliphatic carbocycles. The van der Waals surface area contributed by atoms with Gasteiger partial charge in [-0.05, 0) is 32.3 Å². The molecule has 128 valence electrons. The lowest BCUT2D eigenvalue weighted by Crippen LogP contribution is -2.28. The van der Waals surface area contributed by atoms with E-state index in [0.29, 0.717) is 24.2 Å². The Labute approximate surface area is 142 Å². The molecule has 0 saturated carbocycles. The SMILES string of the molecule is Cc1nn(CC(C)C)c(Cl)c1/C=C/C(=O)N1CCC(C(C)O)C1. The van der Waals surface area contributed by atoms with Crippen molar-refractivity contribution < 1.29 is 9.90 Å². The number of likely N-dealkylation sites (tertiary alicyclic amines) is 1. The standard InChI is InChI=1S/C17H26ClN3O2/c1-11(2)9-21-17(18)15(12(3)19-21)5-6-16(23)20-8-7-14(10-20)13(4)22/h5-6,11,13-14,22H,7-10H2,1-4H3/b6-5+. The van der Waals surface area contributed by atoms with Gasteiger partial charge in [-0.1, -0.05) is 25.4 Å². The molecule has 1 fully saturated rings. The van der Waals surface area contributed by atoms with E-state index in [9.17, 15) is 9.90 Å². The first-order valence-electron chi connectivity index (χ1n) is 8.17. The van der Waals surface area contributed by atoms with Crippen molar-refractivity contribution in [1.29, 1.82) is 0 Å². The summed E-state index contributed by atoms with van der Waals surface area (Å²) in [6, 6.07) is 0. The normalized spacial score (nSPS) is 20.0. The predicted octanol–water partition coefficient (Wildman–Crippen LogP) is 2.74. The molecule has 1 aromatic rings. The van der Waals surface area contributed by atoms with Gasteiger partial charge in [0, 0.05) is 37.2 Å². The lowest BCUT2D eigenvalue weighted by atomic mass is 10.0. The molecule has 6 heteroatoms. The molecule has 1 saturated heterocycles. The molecule has 1 aliphatic heterocycles. The Hall–Kier alpha value is -1.33. The molecule has 2 heterocycles. The number of hydrogen-bond donors (Lipinski definition) is 1. The van der Waals surface area contributed by atoms with E-state index >= 15 is 0 Å². The lowest BCUT2D eigenvalue weighted by molar-refractivity contribution is -0.125. The van der Waals surface area contributed by atoms with Crippen LogP contribution in [0.1, 0.15) is 38.4 Å². The summed E-state index contributed by atoms with van der Waals surface area (Å²) in [5.41, 5.74) is 1.62. The molecule has 1 aromatic heterocycles. The summed E-state index contributed by atoms with van der Waals surface area (Å²) in [7, 11) is 0. The van der Waals surface area contributed by atoms with E-state index in [1.807, 2.05) is 6.92 Å². The third-order valence-corrected chi connectivity index (χ3v) is 4.66. The van der Waals surface area contributed by atoms with Gasteiger partial charge >= 0.3 is 0 Å². The highest BCUT2D eigenvalue weighted by atomic mass is 35.5. The molecular weight excluding hydrogens is 314 g/mol. The molecule has 0 spiro atoms. The van der Waals surface area contributed by atoms with Crippen molar-refractivity contribution in [3.63, 3.8) is 0 Å². The molecule has 1 amide bonds. The minimum atomic E-state index is -0.372. The minimum absolute atomic E-state index is 0.0415. The Morgan fingerprint density at radius 3 is 2.74 bits per heavy atom. The number of halogens is 1. The Balaban J connectivity index is 2.06. The molecule has 2 rings (SSSR count). The second-order valence-corrected chi connectivity index (χ2v) is 7.13. The van der Waals surface area contributed by atoms with Crippen molar-refractivity contribution in [2.45, 2.75) is 46.8 Å². The van der Waals surface area contributed by atoms with Crippen LogP contribution in [-0.2, 0) is 11.3 Å². The van der Waals surface area contributed by atoms with Crippen LogP contribution < -0.4 is 0 Å². The van der Waals surface area contributed by atoms with Gasteiger partial charge in [0.15, 0.2) is 0 Å². The van der Waals surface area contributed by atoms with Gasteiger partial charge in [-0.25, -0.2) is 0 Å². The second-order valence-electron chi connectivity index (χ2n) is 6.77. The van der Waals surface area contributed by atoms with Crippen molar-refractivity contribution >= 4 is 23.6 Å². The Bertz CT molecular complexity index is 593. The van der Waals surface area contributed by atoms with Gasteiger partial charge in [-0.3, -0.25) is 9.48 Å². The summed E-state index contributed by atoms with van der Waals surface area (Å²) >= 11 is 6.37. The number of hydrogen-bond acceptors (Lipinski definition) is 3. The summed E-state index contributed by atoms with van der Waals surface area (Å²) in [5.74, 6) is 0.582. The molecule has 0 bridgehead atoms. The summed E-state index contributed by atoms with van der Waals surface area (Å²) in [4.78, 5) is 14.1. The fourth-order valence-corrected chi connectivity index (χ4v) is 3.17. The average Bonchev–Trinajstić information content (AvgIpc) is 3.04. The van der Waals surface area contributed by atoms with Crippen molar-refractivity contribution in [3.8, 4) is 0 Å². The van der Waals surface area contributed by atoms with Gasteiger partial charge in [-0.15, -0.1) is 0 Å². The van der Waals surface area contributed by atoms with Crippen LogP contribution in [0.25, 0.3) is 6.08 Å². The first-order valence-corrected chi connectivity index (χ1v) is 8.55. The van der Waals surface area contributed by atoms with E-state index < -0.39 is 0 Å².